The monoisotopic (exact) mass is 328 g/mol. The van der Waals surface area contributed by atoms with Crippen LogP contribution in [0.25, 0.3) is 5.69 Å². The Labute approximate surface area is 137 Å². The fourth-order valence-corrected chi connectivity index (χ4v) is 2.26. The molecule has 2 aromatic heterocycles. The molecule has 0 saturated heterocycles. The molecule has 7 nitrogen and oxygen atoms in total. The van der Waals surface area contributed by atoms with Crippen LogP contribution in [0.3, 0.4) is 0 Å². The highest BCUT2D eigenvalue weighted by molar-refractivity contribution is 6.32. The highest BCUT2D eigenvalue weighted by atomic mass is 35.5. The second kappa shape index (κ2) is 6.45. The van der Waals surface area contributed by atoms with Crippen LogP contribution in [-0.2, 0) is 0 Å². The van der Waals surface area contributed by atoms with Crippen molar-refractivity contribution < 1.29 is 0 Å². The van der Waals surface area contributed by atoms with Crippen LogP contribution < -0.4 is 16.5 Å². The first-order valence-electron chi connectivity index (χ1n) is 6.80. The van der Waals surface area contributed by atoms with E-state index in [0.29, 0.717) is 16.5 Å². The van der Waals surface area contributed by atoms with Crippen molar-refractivity contribution in [1.82, 2.24) is 19.5 Å². The molecule has 0 bridgehead atoms. The average Bonchev–Trinajstić information content (AvgIpc) is 2.55. The van der Waals surface area contributed by atoms with Gasteiger partial charge in [0, 0.05) is 12.4 Å². The van der Waals surface area contributed by atoms with Gasteiger partial charge in [-0.25, -0.2) is 9.36 Å². The van der Waals surface area contributed by atoms with Gasteiger partial charge in [-0.15, -0.1) is 0 Å². The number of hydrazine groups is 1. The minimum Gasteiger partial charge on any atom is -0.298 e. The summed E-state index contributed by atoms with van der Waals surface area (Å²) in [6.45, 7) is 1.71. The van der Waals surface area contributed by atoms with E-state index in [0.717, 1.165) is 5.69 Å². The van der Waals surface area contributed by atoms with Crippen LogP contribution in [0.2, 0.25) is 5.02 Å². The maximum Gasteiger partial charge on any atom is 0.356 e. The number of rotatable bonds is 4. The van der Waals surface area contributed by atoms with E-state index >= 15 is 0 Å². The topological polar surface area (TPSA) is 84.7 Å². The second-order valence-corrected chi connectivity index (χ2v) is 5.06. The van der Waals surface area contributed by atoms with Crippen LogP contribution >= 0.6 is 11.6 Å². The van der Waals surface area contributed by atoms with Gasteiger partial charge in [0.2, 0.25) is 5.95 Å². The van der Waals surface area contributed by atoms with Crippen molar-refractivity contribution in [1.29, 1.82) is 0 Å². The Bertz CT molecular complexity index is 881. The number of benzene rings is 1. The van der Waals surface area contributed by atoms with E-state index < -0.39 is 5.69 Å². The van der Waals surface area contributed by atoms with Crippen molar-refractivity contribution in [3.8, 4) is 5.69 Å². The summed E-state index contributed by atoms with van der Waals surface area (Å²) < 4.78 is 1.36. The smallest absolute Gasteiger partial charge is 0.298 e. The van der Waals surface area contributed by atoms with Crippen molar-refractivity contribution in [2.24, 2.45) is 0 Å². The van der Waals surface area contributed by atoms with E-state index in [2.05, 4.69) is 25.8 Å². The second-order valence-electron chi connectivity index (χ2n) is 4.65. The van der Waals surface area contributed by atoms with Gasteiger partial charge >= 0.3 is 5.69 Å². The van der Waals surface area contributed by atoms with E-state index in [9.17, 15) is 4.79 Å². The molecule has 0 fully saturated rings. The summed E-state index contributed by atoms with van der Waals surface area (Å²) in [4.78, 5) is 24.4. The Morgan fingerprint density at radius 1 is 1.04 bits per heavy atom. The largest absolute Gasteiger partial charge is 0.356 e. The zero-order valence-corrected chi connectivity index (χ0v) is 12.9. The van der Waals surface area contributed by atoms with Gasteiger partial charge < -0.3 is 0 Å². The summed E-state index contributed by atoms with van der Waals surface area (Å²) in [6, 6.07) is 10.6. The third-order valence-corrected chi connectivity index (χ3v) is 3.40. The molecule has 0 aliphatic heterocycles. The number of halogens is 1. The summed E-state index contributed by atoms with van der Waals surface area (Å²) in [6.07, 6.45) is 3.29. The van der Waals surface area contributed by atoms with E-state index in [4.69, 9.17) is 11.6 Å². The molecule has 1 aromatic carbocycles. The molecule has 0 amide bonds. The van der Waals surface area contributed by atoms with Crippen LogP contribution in [0, 0.1) is 6.92 Å². The number of aryl methyl sites for hydroxylation is 1. The van der Waals surface area contributed by atoms with Gasteiger partial charge in [-0.3, -0.25) is 15.8 Å². The van der Waals surface area contributed by atoms with Gasteiger partial charge in [0.05, 0.1) is 16.4 Å². The summed E-state index contributed by atoms with van der Waals surface area (Å²) >= 11 is 6.13. The van der Waals surface area contributed by atoms with Crippen molar-refractivity contribution in [3.05, 3.63) is 70.1 Å². The van der Waals surface area contributed by atoms with Gasteiger partial charge in [0.1, 0.15) is 5.82 Å². The normalized spacial score (nSPS) is 10.3. The maximum absolute atomic E-state index is 12.3. The first-order valence-corrected chi connectivity index (χ1v) is 7.17. The Kier molecular flexibility index (Phi) is 4.20. The molecule has 116 valence electrons. The molecule has 0 radical (unpaired) electrons. The molecular formula is C15H13ClN6O. The highest BCUT2D eigenvalue weighted by Crippen LogP contribution is 2.19. The quantitative estimate of drug-likeness (QED) is 0.715. The van der Waals surface area contributed by atoms with E-state index in [-0.39, 0.29) is 5.95 Å². The van der Waals surface area contributed by atoms with E-state index in [1.54, 1.807) is 55.7 Å². The molecule has 2 N–H and O–H groups in total. The van der Waals surface area contributed by atoms with E-state index in [1.807, 2.05) is 0 Å². The molecule has 0 unspecified atom stereocenters. The third kappa shape index (κ3) is 3.29. The molecule has 0 atom stereocenters. The molecule has 0 aliphatic rings. The Hall–Kier alpha value is -2.93. The van der Waals surface area contributed by atoms with Gasteiger partial charge in [-0.1, -0.05) is 23.7 Å². The van der Waals surface area contributed by atoms with Crippen LogP contribution in [0.5, 0.6) is 0 Å². The van der Waals surface area contributed by atoms with Crippen LogP contribution in [0.4, 0.5) is 11.6 Å². The highest BCUT2D eigenvalue weighted by Gasteiger charge is 2.11. The molecular weight excluding hydrogens is 316 g/mol. The zero-order chi connectivity index (χ0) is 16.2. The van der Waals surface area contributed by atoms with Crippen molar-refractivity contribution in [3.63, 3.8) is 0 Å². The molecule has 8 heteroatoms. The molecule has 23 heavy (non-hydrogen) atoms. The minimum absolute atomic E-state index is 0.174. The fraction of sp³-hybridized carbons (Fsp3) is 0.0667. The number of anilines is 2. The first-order chi connectivity index (χ1) is 11.1. The number of para-hydroxylation sites is 1. The third-order valence-electron chi connectivity index (χ3n) is 3.08. The number of hydrogen-bond acceptors (Lipinski definition) is 6. The molecule has 3 aromatic rings. The lowest BCUT2D eigenvalue weighted by molar-refractivity contribution is 0.813. The Morgan fingerprint density at radius 2 is 1.78 bits per heavy atom. The maximum atomic E-state index is 12.3. The summed E-state index contributed by atoms with van der Waals surface area (Å²) in [5.41, 5.74) is 6.54. The lowest BCUT2D eigenvalue weighted by atomic mass is 10.3. The Balaban J connectivity index is 1.89. The molecule has 3 rings (SSSR count). The molecule has 0 spiro atoms. The van der Waals surface area contributed by atoms with Crippen LogP contribution in [-0.4, -0.2) is 19.5 Å². The molecule has 0 aliphatic carbocycles. The molecule has 0 saturated carbocycles. The van der Waals surface area contributed by atoms with Crippen molar-refractivity contribution in [2.45, 2.75) is 6.92 Å². The lowest BCUT2D eigenvalue weighted by Crippen LogP contribution is -2.27. The van der Waals surface area contributed by atoms with Gasteiger partial charge in [-0.2, -0.15) is 9.97 Å². The average molecular weight is 329 g/mol. The standard InChI is InChI=1S/C15H13ClN6O/c1-10-18-14(21-20-11-6-8-17-9-7-11)19-15(23)22(10)13-5-3-2-4-12(13)16/h2-9H,1H3,(H,17,20)(H,19,21,23). The van der Waals surface area contributed by atoms with Crippen molar-refractivity contribution in [2.75, 3.05) is 10.9 Å². The van der Waals surface area contributed by atoms with Crippen LogP contribution in [0.15, 0.2) is 53.6 Å². The predicted molar refractivity (Wildman–Crippen MR) is 88.9 cm³/mol. The summed E-state index contributed by atoms with van der Waals surface area (Å²) in [5, 5.41) is 0.455. The summed E-state index contributed by atoms with van der Waals surface area (Å²) in [5.74, 6) is 0.643. The Morgan fingerprint density at radius 3 is 2.48 bits per heavy atom. The van der Waals surface area contributed by atoms with Crippen molar-refractivity contribution >= 4 is 23.2 Å². The number of hydrogen-bond donors (Lipinski definition) is 2. The number of nitrogens with one attached hydrogen (secondary N) is 2. The van der Waals surface area contributed by atoms with Gasteiger partial charge in [0.15, 0.2) is 0 Å². The number of aromatic nitrogens is 4. The predicted octanol–water partition coefficient (Wildman–Crippen LogP) is 2.42. The minimum atomic E-state index is -0.468. The molecule has 2 heterocycles. The SMILES string of the molecule is Cc1nc(NNc2ccncc2)nc(=O)n1-c1ccccc1Cl. The van der Waals surface area contributed by atoms with Crippen LogP contribution in [0.1, 0.15) is 5.82 Å². The summed E-state index contributed by atoms with van der Waals surface area (Å²) in [7, 11) is 0. The van der Waals surface area contributed by atoms with Gasteiger partial charge in [0.25, 0.3) is 0 Å². The number of pyridine rings is 1. The zero-order valence-electron chi connectivity index (χ0n) is 12.2. The lowest BCUT2D eigenvalue weighted by Gasteiger charge is -2.12. The fourth-order valence-electron chi connectivity index (χ4n) is 2.04. The van der Waals surface area contributed by atoms with Gasteiger partial charge in [-0.05, 0) is 31.2 Å². The van der Waals surface area contributed by atoms with E-state index in [1.165, 1.54) is 4.57 Å². The first kappa shape index (κ1) is 15.0. The number of nitrogens with zero attached hydrogens (tertiary/aromatic N) is 4.